The van der Waals surface area contributed by atoms with Gasteiger partial charge in [-0.3, -0.25) is 14.8 Å². The largest absolute Gasteiger partial charge is 0.346 e. The van der Waals surface area contributed by atoms with Gasteiger partial charge in [0.25, 0.3) is 11.8 Å². The number of carbonyl (C=O) groups is 2. The fourth-order valence-electron chi connectivity index (χ4n) is 2.06. The van der Waals surface area contributed by atoms with E-state index >= 15 is 0 Å². The molecule has 5 nitrogen and oxygen atoms in total. The summed E-state index contributed by atoms with van der Waals surface area (Å²) in [6.45, 7) is 1.66. The molecule has 0 spiro atoms. The molecule has 0 bridgehead atoms. The number of amides is 2. The van der Waals surface area contributed by atoms with E-state index in [1.807, 2.05) is 0 Å². The lowest BCUT2D eigenvalue weighted by Crippen LogP contribution is -2.27. The van der Waals surface area contributed by atoms with Crippen LogP contribution in [0.3, 0.4) is 0 Å². The molecule has 0 saturated heterocycles. The zero-order valence-electron chi connectivity index (χ0n) is 12.1. The lowest BCUT2D eigenvalue weighted by atomic mass is 10.0. The highest BCUT2D eigenvalue weighted by Gasteiger charge is 2.14. The van der Waals surface area contributed by atoms with E-state index in [1.54, 1.807) is 19.1 Å². The highest BCUT2D eigenvalue weighted by Crippen LogP contribution is 2.16. The van der Waals surface area contributed by atoms with Gasteiger partial charge < -0.3 is 5.32 Å². The van der Waals surface area contributed by atoms with Gasteiger partial charge >= 0.3 is 0 Å². The second-order valence-electron chi connectivity index (χ2n) is 4.92. The van der Waals surface area contributed by atoms with Crippen LogP contribution in [0.2, 0.25) is 0 Å². The smallest absolute Gasteiger partial charge is 0.274 e. The van der Waals surface area contributed by atoms with Gasteiger partial charge in [-0.05, 0) is 36.8 Å². The molecule has 7 heteroatoms. The van der Waals surface area contributed by atoms with Crippen molar-refractivity contribution in [2.24, 2.45) is 0 Å². The van der Waals surface area contributed by atoms with Gasteiger partial charge in [0, 0.05) is 17.2 Å². The summed E-state index contributed by atoms with van der Waals surface area (Å²) in [6, 6.07) is 8.27. The molecule has 0 radical (unpaired) electrons. The van der Waals surface area contributed by atoms with Crippen molar-refractivity contribution in [3.63, 3.8) is 0 Å². The van der Waals surface area contributed by atoms with Crippen molar-refractivity contribution >= 4 is 11.8 Å². The summed E-state index contributed by atoms with van der Waals surface area (Å²) in [7, 11) is 0. The molecule has 1 unspecified atom stereocenters. The average Bonchev–Trinajstić information content (AvgIpc) is 2.53. The van der Waals surface area contributed by atoms with Crippen LogP contribution in [-0.4, -0.2) is 17.0 Å². The van der Waals surface area contributed by atoms with E-state index in [0.717, 1.165) is 12.1 Å². The van der Waals surface area contributed by atoms with Crippen LogP contribution in [0, 0.1) is 11.6 Å². The lowest BCUT2D eigenvalue weighted by Gasteiger charge is -2.15. The summed E-state index contributed by atoms with van der Waals surface area (Å²) in [6.07, 6.45) is 0. The Morgan fingerprint density at radius 1 is 1.00 bits per heavy atom. The van der Waals surface area contributed by atoms with Crippen molar-refractivity contribution in [1.82, 2.24) is 10.8 Å². The minimum absolute atomic E-state index is 0.140. The van der Waals surface area contributed by atoms with Crippen LogP contribution in [0.1, 0.15) is 39.2 Å². The Kier molecular flexibility index (Phi) is 5.02. The Balaban J connectivity index is 2.16. The summed E-state index contributed by atoms with van der Waals surface area (Å²) >= 11 is 0. The third-order valence-corrected chi connectivity index (χ3v) is 3.22. The summed E-state index contributed by atoms with van der Waals surface area (Å²) in [5.41, 5.74) is 2.18. The highest BCUT2D eigenvalue weighted by molar-refractivity contribution is 5.95. The zero-order valence-corrected chi connectivity index (χ0v) is 12.1. The fraction of sp³-hybridized carbons (Fsp3) is 0.125. The highest BCUT2D eigenvalue weighted by atomic mass is 19.1. The second-order valence-corrected chi connectivity index (χ2v) is 4.92. The molecule has 2 aromatic carbocycles. The molecule has 0 aromatic heterocycles. The zero-order chi connectivity index (χ0) is 17.0. The quantitative estimate of drug-likeness (QED) is 0.598. The van der Waals surface area contributed by atoms with Gasteiger partial charge in [-0.2, -0.15) is 0 Å². The van der Waals surface area contributed by atoms with E-state index in [0.29, 0.717) is 11.6 Å². The number of hydrogen-bond donors (Lipinski definition) is 3. The van der Waals surface area contributed by atoms with E-state index in [1.165, 1.54) is 17.6 Å². The maximum atomic E-state index is 13.1. The van der Waals surface area contributed by atoms with Gasteiger partial charge in [0.1, 0.15) is 11.6 Å². The van der Waals surface area contributed by atoms with E-state index in [9.17, 15) is 18.4 Å². The second kappa shape index (κ2) is 6.97. The van der Waals surface area contributed by atoms with Crippen molar-refractivity contribution in [3.8, 4) is 0 Å². The maximum Gasteiger partial charge on any atom is 0.274 e. The molecule has 0 aliphatic rings. The number of hydroxylamine groups is 1. The summed E-state index contributed by atoms with van der Waals surface area (Å²) in [5.74, 6) is -3.01. The molecule has 2 aromatic rings. The topological polar surface area (TPSA) is 78.4 Å². The van der Waals surface area contributed by atoms with Gasteiger partial charge in [0.05, 0.1) is 6.04 Å². The molecular weight excluding hydrogens is 306 g/mol. The predicted octanol–water partition coefficient (Wildman–Crippen LogP) is 2.57. The van der Waals surface area contributed by atoms with E-state index in [-0.39, 0.29) is 11.1 Å². The first kappa shape index (κ1) is 16.6. The number of carbonyl (C=O) groups excluding carboxylic acids is 2. The SMILES string of the molecule is CC(NC(=O)c1cc(F)cc(F)c1)c1cccc(C(=O)NO)c1. The summed E-state index contributed by atoms with van der Waals surface area (Å²) < 4.78 is 26.3. The third kappa shape index (κ3) is 4.10. The van der Waals surface area contributed by atoms with Gasteiger partial charge in [-0.15, -0.1) is 0 Å². The number of halogens is 2. The van der Waals surface area contributed by atoms with Gasteiger partial charge in [-0.1, -0.05) is 12.1 Å². The molecule has 23 heavy (non-hydrogen) atoms. The van der Waals surface area contributed by atoms with E-state index < -0.39 is 29.5 Å². The van der Waals surface area contributed by atoms with Crippen LogP contribution >= 0.6 is 0 Å². The maximum absolute atomic E-state index is 13.1. The van der Waals surface area contributed by atoms with Crippen molar-refractivity contribution < 1.29 is 23.6 Å². The van der Waals surface area contributed by atoms with Gasteiger partial charge in [0.2, 0.25) is 0 Å². The molecule has 2 amide bonds. The van der Waals surface area contributed by atoms with Gasteiger partial charge in [-0.25, -0.2) is 14.3 Å². The third-order valence-electron chi connectivity index (χ3n) is 3.22. The lowest BCUT2D eigenvalue weighted by molar-refractivity contribution is 0.0706. The van der Waals surface area contributed by atoms with Crippen LogP contribution in [0.15, 0.2) is 42.5 Å². The Hall–Kier alpha value is -2.80. The monoisotopic (exact) mass is 320 g/mol. The molecule has 2 rings (SSSR count). The van der Waals surface area contributed by atoms with Crippen molar-refractivity contribution in [2.45, 2.75) is 13.0 Å². The molecule has 0 aliphatic heterocycles. The van der Waals surface area contributed by atoms with Crippen LogP contribution in [0.4, 0.5) is 8.78 Å². The molecule has 120 valence electrons. The van der Waals surface area contributed by atoms with Crippen LogP contribution in [-0.2, 0) is 0 Å². The number of benzene rings is 2. The first-order valence-corrected chi connectivity index (χ1v) is 6.72. The first-order valence-electron chi connectivity index (χ1n) is 6.72. The minimum Gasteiger partial charge on any atom is -0.346 e. The first-order chi connectivity index (χ1) is 10.9. The van der Waals surface area contributed by atoms with Gasteiger partial charge in [0.15, 0.2) is 0 Å². The normalized spacial score (nSPS) is 11.7. The molecule has 0 saturated carbocycles. The fourth-order valence-corrected chi connectivity index (χ4v) is 2.06. The number of nitrogens with one attached hydrogen (secondary N) is 2. The molecule has 3 N–H and O–H groups in total. The minimum atomic E-state index is -0.843. The predicted molar refractivity (Wildman–Crippen MR) is 77.9 cm³/mol. The Labute approximate surface area is 130 Å². The van der Waals surface area contributed by atoms with Crippen LogP contribution in [0.25, 0.3) is 0 Å². The van der Waals surface area contributed by atoms with E-state index in [2.05, 4.69) is 5.32 Å². The Morgan fingerprint density at radius 2 is 1.65 bits per heavy atom. The Morgan fingerprint density at radius 3 is 2.26 bits per heavy atom. The van der Waals surface area contributed by atoms with E-state index in [4.69, 9.17) is 5.21 Å². The molecule has 0 heterocycles. The van der Waals surface area contributed by atoms with Crippen molar-refractivity contribution in [1.29, 1.82) is 0 Å². The molecular formula is C16H14F2N2O3. The summed E-state index contributed by atoms with van der Waals surface area (Å²) in [5, 5.41) is 11.2. The van der Waals surface area contributed by atoms with Crippen LogP contribution in [0.5, 0.6) is 0 Å². The Bertz CT molecular complexity index is 730. The standard InChI is InChI=1S/C16H14F2N2O3/c1-9(10-3-2-4-11(5-10)16(22)20-23)19-15(21)12-6-13(17)8-14(18)7-12/h2-9,23H,1H3,(H,19,21)(H,20,22). The molecule has 1 atom stereocenters. The molecule has 0 fully saturated rings. The number of rotatable bonds is 4. The average molecular weight is 320 g/mol. The number of hydrogen-bond acceptors (Lipinski definition) is 3. The summed E-state index contributed by atoms with van der Waals surface area (Å²) in [4.78, 5) is 23.4. The van der Waals surface area contributed by atoms with Crippen LogP contribution < -0.4 is 10.8 Å². The van der Waals surface area contributed by atoms with Crippen molar-refractivity contribution in [2.75, 3.05) is 0 Å². The molecule has 0 aliphatic carbocycles. The van der Waals surface area contributed by atoms with Crippen molar-refractivity contribution in [3.05, 3.63) is 70.8 Å².